The van der Waals surface area contributed by atoms with Crippen molar-refractivity contribution in [1.29, 1.82) is 5.26 Å². The summed E-state index contributed by atoms with van der Waals surface area (Å²) in [7, 11) is 0. The smallest absolute Gasteiger partial charge is 0.240 e. The summed E-state index contributed by atoms with van der Waals surface area (Å²) in [6.45, 7) is 8.10. The van der Waals surface area contributed by atoms with E-state index in [-0.39, 0.29) is 5.91 Å². The van der Waals surface area contributed by atoms with Gasteiger partial charge in [0.05, 0.1) is 6.07 Å². The highest BCUT2D eigenvalue weighted by atomic mass is 16.2. The van der Waals surface area contributed by atoms with Crippen molar-refractivity contribution in [2.24, 2.45) is 5.92 Å². The summed E-state index contributed by atoms with van der Waals surface area (Å²) in [6.07, 6.45) is 3.73. The topological polar surface area (TPSA) is 44.1 Å². The molecule has 0 saturated carbocycles. The fraction of sp³-hybridized carbons (Fsp3) is 0.250. The van der Waals surface area contributed by atoms with Crippen LogP contribution in [0.5, 0.6) is 0 Å². The maximum Gasteiger partial charge on any atom is 0.240 e. The third-order valence-corrected chi connectivity index (χ3v) is 2.75. The Balaban J connectivity index is 2.78. The predicted molar refractivity (Wildman–Crippen MR) is 76.2 cm³/mol. The fourth-order valence-corrected chi connectivity index (χ4v) is 1.82. The molecule has 19 heavy (non-hydrogen) atoms. The molecule has 0 bridgehead atoms. The first-order valence-electron chi connectivity index (χ1n) is 6.17. The number of carbonyl (C=O) groups is 1. The Kier molecular flexibility index (Phi) is 6.11. The Bertz CT molecular complexity index is 463. The maximum absolute atomic E-state index is 12.3. The lowest BCUT2D eigenvalue weighted by Crippen LogP contribution is -2.36. The molecule has 1 amide bonds. The van der Waals surface area contributed by atoms with Crippen LogP contribution in [0.25, 0.3) is 0 Å². The van der Waals surface area contributed by atoms with Gasteiger partial charge in [0.2, 0.25) is 5.91 Å². The number of nitriles is 1. The molecule has 0 spiro atoms. The van der Waals surface area contributed by atoms with Crippen LogP contribution in [0.4, 0.5) is 0 Å². The zero-order valence-electron chi connectivity index (χ0n) is 11.0. The molecular weight excluding hydrogens is 236 g/mol. The average Bonchev–Trinajstić information content (AvgIpc) is 2.45. The van der Waals surface area contributed by atoms with E-state index in [2.05, 4.69) is 19.2 Å². The number of hydrogen-bond acceptors (Lipinski definition) is 2. The summed E-state index contributed by atoms with van der Waals surface area (Å²) >= 11 is 0. The lowest BCUT2D eigenvalue weighted by Gasteiger charge is -2.22. The first kappa shape index (κ1) is 14.7. The predicted octanol–water partition coefficient (Wildman–Crippen LogP) is 2.57. The van der Waals surface area contributed by atoms with Gasteiger partial charge in [-0.3, -0.25) is 4.79 Å². The second kappa shape index (κ2) is 7.88. The Morgan fingerprint density at radius 3 is 2.32 bits per heavy atom. The van der Waals surface area contributed by atoms with E-state index in [4.69, 9.17) is 0 Å². The normalized spacial score (nSPS) is 11.1. The zero-order chi connectivity index (χ0) is 14.1. The molecule has 0 aliphatic heterocycles. The van der Waals surface area contributed by atoms with Gasteiger partial charge in [-0.25, -0.2) is 0 Å². The van der Waals surface area contributed by atoms with Gasteiger partial charge in [-0.15, -0.1) is 13.2 Å². The molecule has 0 fully saturated rings. The first-order chi connectivity index (χ1) is 9.22. The molecule has 98 valence electrons. The lowest BCUT2D eigenvalue weighted by molar-refractivity contribution is -0.132. The van der Waals surface area contributed by atoms with Gasteiger partial charge in [0.15, 0.2) is 0 Å². The number of rotatable bonds is 7. The molecule has 0 saturated heterocycles. The van der Waals surface area contributed by atoms with Crippen LogP contribution in [-0.2, 0) is 11.2 Å². The molecule has 1 aromatic carbocycles. The quantitative estimate of drug-likeness (QED) is 0.702. The highest BCUT2D eigenvalue weighted by Crippen LogP contribution is 2.11. The second-order valence-corrected chi connectivity index (χ2v) is 4.19. The van der Waals surface area contributed by atoms with E-state index in [1.54, 1.807) is 17.1 Å². The largest absolute Gasteiger partial charge is 0.334 e. The Labute approximate surface area is 114 Å². The molecule has 0 heterocycles. The summed E-state index contributed by atoms with van der Waals surface area (Å²) in [6, 6.07) is 11.6. The summed E-state index contributed by atoms with van der Waals surface area (Å²) in [5.41, 5.74) is 0.986. The Hall–Kier alpha value is -2.34. The molecule has 0 N–H and O–H groups in total. The van der Waals surface area contributed by atoms with Crippen LogP contribution in [0, 0.1) is 17.2 Å². The zero-order valence-corrected chi connectivity index (χ0v) is 11.0. The van der Waals surface area contributed by atoms with E-state index in [0.29, 0.717) is 19.5 Å². The van der Waals surface area contributed by atoms with Gasteiger partial charge in [0.25, 0.3) is 0 Å². The van der Waals surface area contributed by atoms with Gasteiger partial charge in [0.1, 0.15) is 5.92 Å². The number of amides is 1. The van der Waals surface area contributed by atoms with Crippen LogP contribution in [0.3, 0.4) is 0 Å². The van der Waals surface area contributed by atoms with Gasteiger partial charge in [-0.05, 0) is 12.0 Å². The van der Waals surface area contributed by atoms with Crippen molar-refractivity contribution in [3.63, 3.8) is 0 Å². The van der Waals surface area contributed by atoms with Gasteiger partial charge in [-0.2, -0.15) is 5.26 Å². The second-order valence-electron chi connectivity index (χ2n) is 4.19. The van der Waals surface area contributed by atoms with Crippen LogP contribution >= 0.6 is 0 Å². The molecule has 1 unspecified atom stereocenters. The number of benzene rings is 1. The Morgan fingerprint density at radius 1 is 1.26 bits per heavy atom. The van der Waals surface area contributed by atoms with Gasteiger partial charge >= 0.3 is 0 Å². The first-order valence-corrected chi connectivity index (χ1v) is 6.17. The summed E-state index contributed by atoms with van der Waals surface area (Å²) in [5, 5.41) is 9.19. The van der Waals surface area contributed by atoms with Crippen molar-refractivity contribution in [3.8, 4) is 6.07 Å². The minimum Gasteiger partial charge on any atom is -0.334 e. The highest BCUT2D eigenvalue weighted by molar-refractivity contribution is 5.81. The summed E-state index contributed by atoms with van der Waals surface area (Å²) in [5.74, 6) is -0.839. The monoisotopic (exact) mass is 254 g/mol. The molecule has 1 rings (SSSR count). The lowest BCUT2D eigenvalue weighted by atomic mass is 9.99. The van der Waals surface area contributed by atoms with Gasteiger partial charge < -0.3 is 4.90 Å². The van der Waals surface area contributed by atoms with Crippen LogP contribution in [0.1, 0.15) is 5.56 Å². The number of nitrogens with zero attached hydrogens (tertiary/aromatic N) is 2. The van der Waals surface area contributed by atoms with Crippen molar-refractivity contribution in [2.45, 2.75) is 6.42 Å². The van der Waals surface area contributed by atoms with Crippen molar-refractivity contribution in [3.05, 3.63) is 61.2 Å². The third kappa shape index (κ3) is 4.44. The number of carbonyl (C=O) groups excluding carboxylic acids is 1. The van der Waals surface area contributed by atoms with Crippen LogP contribution < -0.4 is 0 Å². The maximum atomic E-state index is 12.3. The minimum absolute atomic E-state index is 0.175. The highest BCUT2D eigenvalue weighted by Gasteiger charge is 2.23. The summed E-state index contributed by atoms with van der Waals surface area (Å²) < 4.78 is 0. The van der Waals surface area contributed by atoms with Crippen molar-refractivity contribution in [1.82, 2.24) is 4.90 Å². The van der Waals surface area contributed by atoms with Gasteiger partial charge in [-0.1, -0.05) is 42.5 Å². The SMILES string of the molecule is C=CCN(CC=C)C(=O)C(C#N)Cc1ccccc1. The molecule has 0 aliphatic carbocycles. The molecule has 0 radical (unpaired) electrons. The molecule has 1 aromatic rings. The van der Waals surface area contributed by atoms with Crippen LogP contribution in [0.15, 0.2) is 55.6 Å². The molecular formula is C16H18N2O. The molecule has 3 nitrogen and oxygen atoms in total. The molecule has 1 atom stereocenters. The van der Waals surface area contributed by atoms with Crippen molar-refractivity contribution < 1.29 is 4.79 Å². The molecule has 3 heteroatoms. The van der Waals surface area contributed by atoms with Crippen molar-refractivity contribution in [2.75, 3.05) is 13.1 Å². The fourth-order valence-electron chi connectivity index (χ4n) is 1.82. The van der Waals surface area contributed by atoms with Crippen LogP contribution in [0.2, 0.25) is 0 Å². The van der Waals surface area contributed by atoms with Crippen molar-refractivity contribution >= 4 is 5.91 Å². The van der Waals surface area contributed by atoms with E-state index in [1.807, 2.05) is 30.3 Å². The van der Waals surface area contributed by atoms with E-state index < -0.39 is 5.92 Å². The van der Waals surface area contributed by atoms with E-state index in [0.717, 1.165) is 5.56 Å². The van der Waals surface area contributed by atoms with E-state index in [1.165, 1.54) is 0 Å². The number of hydrogen-bond donors (Lipinski definition) is 0. The minimum atomic E-state index is -0.665. The standard InChI is InChI=1S/C16H18N2O/c1-3-10-18(11-4-2)16(19)15(13-17)12-14-8-6-5-7-9-14/h3-9,15H,1-2,10-12H2. The molecule has 0 aliphatic rings. The summed E-state index contributed by atoms with van der Waals surface area (Å²) in [4.78, 5) is 13.8. The third-order valence-electron chi connectivity index (χ3n) is 2.75. The molecule has 0 aromatic heterocycles. The Morgan fingerprint density at radius 2 is 1.84 bits per heavy atom. The average molecular weight is 254 g/mol. The van der Waals surface area contributed by atoms with Gasteiger partial charge in [0, 0.05) is 13.1 Å². The van der Waals surface area contributed by atoms with E-state index in [9.17, 15) is 10.1 Å². The van der Waals surface area contributed by atoms with E-state index >= 15 is 0 Å². The van der Waals surface area contributed by atoms with Crippen LogP contribution in [-0.4, -0.2) is 23.9 Å².